The first-order chi connectivity index (χ1) is 10.3. The van der Waals surface area contributed by atoms with E-state index in [2.05, 4.69) is 80.8 Å². The summed E-state index contributed by atoms with van der Waals surface area (Å²) in [7, 11) is -0.577. The summed E-state index contributed by atoms with van der Waals surface area (Å²) in [6.07, 6.45) is 16.3. The van der Waals surface area contributed by atoms with Gasteiger partial charge in [0.15, 0.2) is 0 Å². The van der Waals surface area contributed by atoms with Gasteiger partial charge in [0.1, 0.15) is 0 Å². The molecule has 1 rings (SSSR count). The van der Waals surface area contributed by atoms with Crippen LogP contribution in [0.15, 0.2) is 103 Å². The van der Waals surface area contributed by atoms with E-state index in [1.165, 1.54) is 15.9 Å². The number of hydrogen-bond acceptors (Lipinski definition) is 0. The molecule has 0 aliphatic carbocycles. The highest BCUT2D eigenvalue weighted by Crippen LogP contribution is 2.52. The van der Waals surface area contributed by atoms with E-state index in [9.17, 15) is 0 Å². The highest BCUT2D eigenvalue weighted by molar-refractivity contribution is 7.74. The fourth-order valence-corrected chi connectivity index (χ4v) is 4.40. The van der Waals surface area contributed by atoms with Gasteiger partial charge in [0.25, 0.3) is 0 Å². The van der Waals surface area contributed by atoms with Crippen molar-refractivity contribution in [3.05, 3.63) is 103 Å². The van der Waals surface area contributed by atoms with Crippen molar-refractivity contribution in [1.82, 2.24) is 0 Å². The second kappa shape index (κ2) is 9.91. The SMILES string of the molecule is C=C/C=C\C(=C/C)P(C(/C=C\C)=C/C=C)c1ccccc1. The number of rotatable bonds is 7. The molecule has 1 atom stereocenters. The second-order valence-corrected chi connectivity index (χ2v) is 6.53. The standard InChI is InChI=1S/C20H23P/c1-5-9-15-18(8-4)21(19(13-6-2)14-7-3)20-16-11-10-12-17-20/h5-17H,1-2H2,3-4H3/b14-7-,15-9-,18-8+,19-13+. The summed E-state index contributed by atoms with van der Waals surface area (Å²) in [5.74, 6) is 0. The minimum Gasteiger partial charge on any atom is -0.0991 e. The molecular weight excluding hydrogens is 271 g/mol. The van der Waals surface area contributed by atoms with E-state index in [0.29, 0.717) is 0 Å². The van der Waals surface area contributed by atoms with Crippen molar-refractivity contribution >= 4 is 13.2 Å². The lowest BCUT2D eigenvalue weighted by atomic mass is 10.4. The summed E-state index contributed by atoms with van der Waals surface area (Å²) in [6.45, 7) is 11.7. The van der Waals surface area contributed by atoms with Crippen molar-refractivity contribution < 1.29 is 0 Å². The molecule has 1 unspecified atom stereocenters. The summed E-state index contributed by atoms with van der Waals surface area (Å²) in [5, 5.41) is 3.93. The average Bonchev–Trinajstić information content (AvgIpc) is 2.52. The van der Waals surface area contributed by atoms with Crippen LogP contribution in [0.5, 0.6) is 0 Å². The maximum atomic E-state index is 3.85. The van der Waals surface area contributed by atoms with Crippen LogP contribution in [0.2, 0.25) is 0 Å². The topological polar surface area (TPSA) is 0 Å². The highest BCUT2D eigenvalue weighted by Gasteiger charge is 2.16. The zero-order valence-corrected chi connectivity index (χ0v) is 13.8. The molecule has 0 bridgehead atoms. The normalized spacial score (nSPS) is 14.6. The van der Waals surface area contributed by atoms with E-state index in [1.807, 2.05) is 25.2 Å². The van der Waals surface area contributed by atoms with Crippen LogP contribution in [0, 0.1) is 0 Å². The number of benzene rings is 1. The smallest absolute Gasteiger partial charge is 0.0138 e. The molecule has 0 radical (unpaired) electrons. The van der Waals surface area contributed by atoms with E-state index in [1.54, 1.807) is 0 Å². The van der Waals surface area contributed by atoms with Crippen LogP contribution in [0.4, 0.5) is 0 Å². The van der Waals surface area contributed by atoms with Gasteiger partial charge in [0.05, 0.1) is 0 Å². The third-order valence-corrected chi connectivity index (χ3v) is 5.41. The molecule has 0 nitrogen and oxygen atoms in total. The lowest BCUT2D eigenvalue weighted by Crippen LogP contribution is -2.02. The summed E-state index contributed by atoms with van der Waals surface area (Å²) >= 11 is 0. The van der Waals surface area contributed by atoms with Gasteiger partial charge in [-0.15, -0.1) is 0 Å². The Morgan fingerprint density at radius 2 is 1.67 bits per heavy atom. The molecule has 0 aromatic heterocycles. The summed E-state index contributed by atoms with van der Waals surface area (Å²) < 4.78 is 0. The van der Waals surface area contributed by atoms with Gasteiger partial charge in [-0.05, 0) is 37.7 Å². The molecule has 0 spiro atoms. The first kappa shape index (κ1) is 17.1. The van der Waals surface area contributed by atoms with E-state index in [0.717, 1.165) is 0 Å². The molecule has 1 aromatic rings. The van der Waals surface area contributed by atoms with Gasteiger partial charge in [0.2, 0.25) is 0 Å². The predicted molar refractivity (Wildman–Crippen MR) is 99.2 cm³/mol. The Morgan fingerprint density at radius 1 is 0.952 bits per heavy atom. The van der Waals surface area contributed by atoms with Gasteiger partial charge in [0, 0.05) is 0 Å². The van der Waals surface area contributed by atoms with Crippen molar-refractivity contribution in [2.75, 3.05) is 0 Å². The molecule has 0 aliphatic heterocycles. The first-order valence-corrected chi connectivity index (χ1v) is 8.38. The molecule has 0 aliphatic rings. The van der Waals surface area contributed by atoms with Gasteiger partial charge < -0.3 is 0 Å². The van der Waals surface area contributed by atoms with Gasteiger partial charge in [-0.1, -0.05) is 92.1 Å². The van der Waals surface area contributed by atoms with Gasteiger partial charge in [-0.25, -0.2) is 0 Å². The zero-order valence-electron chi connectivity index (χ0n) is 12.9. The van der Waals surface area contributed by atoms with Crippen LogP contribution >= 0.6 is 7.92 Å². The lowest BCUT2D eigenvalue weighted by Gasteiger charge is -2.21. The first-order valence-electron chi connectivity index (χ1n) is 7.04. The van der Waals surface area contributed by atoms with Crippen molar-refractivity contribution in [1.29, 1.82) is 0 Å². The third kappa shape index (κ3) is 5.17. The molecule has 1 heteroatoms. The molecule has 21 heavy (non-hydrogen) atoms. The third-order valence-electron chi connectivity index (χ3n) is 2.86. The van der Waals surface area contributed by atoms with E-state index >= 15 is 0 Å². The maximum absolute atomic E-state index is 3.85. The van der Waals surface area contributed by atoms with Gasteiger partial charge in [-0.2, -0.15) is 0 Å². The molecular formula is C20H23P. The van der Waals surface area contributed by atoms with Crippen molar-refractivity contribution in [2.45, 2.75) is 13.8 Å². The van der Waals surface area contributed by atoms with E-state index in [4.69, 9.17) is 0 Å². The Hall–Kier alpha value is -1.91. The number of allylic oxidation sites excluding steroid dienone is 10. The fraction of sp³-hybridized carbons (Fsp3) is 0.100. The molecule has 0 amide bonds. The molecule has 1 aromatic carbocycles. The van der Waals surface area contributed by atoms with Crippen LogP contribution in [-0.4, -0.2) is 0 Å². The monoisotopic (exact) mass is 294 g/mol. The van der Waals surface area contributed by atoms with Gasteiger partial charge >= 0.3 is 0 Å². The Morgan fingerprint density at radius 3 is 2.19 bits per heavy atom. The lowest BCUT2D eigenvalue weighted by molar-refractivity contribution is 1.66. The van der Waals surface area contributed by atoms with Crippen molar-refractivity contribution in [2.24, 2.45) is 0 Å². The van der Waals surface area contributed by atoms with E-state index < -0.39 is 7.92 Å². The Kier molecular flexibility index (Phi) is 8.09. The predicted octanol–water partition coefficient (Wildman–Crippen LogP) is 6.09. The molecule has 0 saturated carbocycles. The van der Waals surface area contributed by atoms with Crippen LogP contribution in [0.25, 0.3) is 0 Å². The largest absolute Gasteiger partial charge is 0.0991 e. The molecule has 0 heterocycles. The maximum Gasteiger partial charge on any atom is -0.0138 e. The summed E-state index contributed by atoms with van der Waals surface area (Å²) in [4.78, 5) is 0. The van der Waals surface area contributed by atoms with Crippen molar-refractivity contribution in [3.8, 4) is 0 Å². The van der Waals surface area contributed by atoms with E-state index in [-0.39, 0.29) is 0 Å². The Bertz CT molecular complexity index is 571. The van der Waals surface area contributed by atoms with Crippen LogP contribution in [0.1, 0.15) is 13.8 Å². The summed E-state index contributed by atoms with van der Waals surface area (Å²) in [5.41, 5.74) is 0. The number of hydrogen-bond donors (Lipinski definition) is 0. The minimum absolute atomic E-state index is 0.577. The van der Waals surface area contributed by atoms with Crippen LogP contribution in [0.3, 0.4) is 0 Å². The van der Waals surface area contributed by atoms with Crippen molar-refractivity contribution in [3.63, 3.8) is 0 Å². The molecule has 108 valence electrons. The highest BCUT2D eigenvalue weighted by atomic mass is 31.1. The average molecular weight is 294 g/mol. The fourth-order valence-electron chi connectivity index (χ4n) is 1.99. The molecule has 0 saturated heterocycles. The molecule has 0 fully saturated rings. The van der Waals surface area contributed by atoms with Gasteiger partial charge in [-0.3, -0.25) is 0 Å². The zero-order chi connectivity index (χ0) is 15.5. The second-order valence-electron chi connectivity index (χ2n) is 4.31. The summed E-state index contributed by atoms with van der Waals surface area (Å²) in [6, 6.07) is 10.6. The molecule has 0 N–H and O–H groups in total. The van der Waals surface area contributed by atoms with Crippen LogP contribution < -0.4 is 5.30 Å². The minimum atomic E-state index is -0.577. The Balaban J connectivity index is 3.41. The Labute approximate surface area is 130 Å². The quantitative estimate of drug-likeness (QED) is 0.422. The van der Waals surface area contributed by atoms with Crippen LogP contribution in [-0.2, 0) is 0 Å².